The van der Waals surface area contributed by atoms with Crippen LogP contribution in [0.2, 0.25) is 0 Å². The average molecular weight is 220 g/mol. The van der Waals surface area contributed by atoms with Gasteiger partial charge in [-0.15, -0.1) is 0 Å². The molecule has 1 aromatic heterocycles. The van der Waals surface area contributed by atoms with Crippen molar-refractivity contribution in [3.8, 4) is 11.1 Å². The number of aryl methyl sites for hydroxylation is 1. The van der Waals surface area contributed by atoms with Crippen LogP contribution in [0, 0.1) is 18.6 Å². The predicted molar refractivity (Wildman–Crippen MR) is 58.7 cm³/mol. The van der Waals surface area contributed by atoms with E-state index in [4.69, 9.17) is 5.73 Å². The van der Waals surface area contributed by atoms with Crippen LogP contribution in [0.15, 0.2) is 30.5 Å². The first-order valence-electron chi connectivity index (χ1n) is 4.76. The van der Waals surface area contributed by atoms with E-state index in [-0.39, 0.29) is 16.9 Å². The van der Waals surface area contributed by atoms with Crippen LogP contribution in [0.5, 0.6) is 0 Å². The molecule has 0 spiro atoms. The highest BCUT2D eigenvalue weighted by molar-refractivity contribution is 5.66. The lowest BCUT2D eigenvalue weighted by Gasteiger charge is -2.06. The number of anilines is 1. The number of aromatic nitrogens is 1. The van der Waals surface area contributed by atoms with Gasteiger partial charge in [0.15, 0.2) is 11.6 Å². The highest BCUT2D eigenvalue weighted by Gasteiger charge is 2.12. The number of benzene rings is 1. The molecule has 0 bridgehead atoms. The van der Waals surface area contributed by atoms with Crippen LogP contribution in [-0.2, 0) is 0 Å². The van der Waals surface area contributed by atoms with Gasteiger partial charge < -0.3 is 5.73 Å². The maximum atomic E-state index is 13.6. The Balaban J connectivity index is 2.61. The number of pyridine rings is 1. The number of rotatable bonds is 1. The van der Waals surface area contributed by atoms with Gasteiger partial charge >= 0.3 is 0 Å². The van der Waals surface area contributed by atoms with Gasteiger partial charge in [-0.05, 0) is 30.2 Å². The van der Waals surface area contributed by atoms with E-state index in [1.54, 1.807) is 6.07 Å². The number of nitrogens with zero attached hydrogens (tertiary/aromatic N) is 1. The largest absolute Gasteiger partial charge is 0.384 e. The van der Waals surface area contributed by atoms with Gasteiger partial charge in [0.1, 0.15) is 5.82 Å². The normalized spacial score (nSPS) is 10.4. The molecule has 0 atom stereocenters. The number of nitrogens with two attached hydrogens (primary N) is 1. The predicted octanol–water partition coefficient (Wildman–Crippen LogP) is 2.92. The molecule has 1 aromatic carbocycles. The minimum Gasteiger partial charge on any atom is -0.384 e. The molecule has 0 amide bonds. The molecule has 2 nitrogen and oxygen atoms in total. The zero-order chi connectivity index (χ0) is 11.7. The Hall–Kier alpha value is -1.97. The molecule has 2 aromatic rings. The van der Waals surface area contributed by atoms with E-state index in [0.29, 0.717) is 5.56 Å². The third kappa shape index (κ3) is 1.74. The molecule has 2 N–H and O–H groups in total. The Bertz CT molecular complexity index is 539. The molecule has 0 aliphatic heterocycles. The summed E-state index contributed by atoms with van der Waals surface area (Å²) in [5.74, 6) is -1.41. The molecule has 0 unspecified atom stereocenters. The summed E-state index contributed by atoms with van der Waals surface area (Å²) < 4.78 is 27.0. The Morgan fingerprint density at radius 3 is 2.56 bits per heavy atom. The Kier molecular flexibility index (Phi) is 2.56. The summed E-state index contributed by atoms with van der Waals surface area (Å²) in [5.41, 5.74) is 6.48. The van der Waals surface area contributed by atoms with Crippen molar-refractivity contribution in [3.63, 3.8) is 0 Å². The fourth-order valence-electron chi connectivity index (χ4n) is 1.48. The highest BCUT2D eigenvalue weighted by atomic mass is 19.2. The standard InChI is InChI=1S/C12H10F2N2/c1-7-2-3-9(12(14)11(7)13)8-4-5-16-10(15)6-8/h2-6H,1H3,(H2,15,16). The second kappa shape index (κ2) is 3.89. The van der Waals surface area contributed by atoms with Crippen molar-refractivity contribution in [3.05, 3.63) is 47.7 Å². The van der Waals surface area contributed by atoms with Gasteiger partial charge in [-0.25, -0.2) is 13.8 Å². The van der Waals surface area contributed by atoms with Crippen LogP contribution in [0.25, 0.3) is 11.1 Å². The Labute approximate surface area is 91.7 Å². The van der Waals surface area contributed by atoms with Crippen molar-refractivity contribution >= 4 is 5.82 Å². The van der Waals surface area contributed by atoms with Crippen LogP contribution < -0.4 is 5.73 Å². The fourth-order valence-corrected chi connectivity index (χ4v) is 1.48. The molecule has 0 saturated carbocycles. The summed E-state index contributed by atoms with van der Waals surface area (Å²) in [7, 11) is 0. The molecule has 0 fully saturated rings. The number of hydrogen-bond acceptors (Lipinski definition) is 2. The molecule has 0 aliphatic carbocycles. The minimum atomic E-state index is -0.856. The first-order chi connectivity index (χ1) is 7.59. The van der Waals surface area contributed by atoms with Gasteiger partial charge in [0.05, 0.1) is 0 Å². The van der Waals surface area contributed by atoms with Gasteiger partial charge in [0.2, 0.25) is 0 Å². The SMILES string of the molecule is Cc1ccc(-c2ccnc(N)c2)c(F)c1F. The minimum absolute atomic E-state index is 0.192. The Morgan fingerprint density at radius 2 is 1.88 bits per heavy atom. The van der Waals surface area contributed by atoms with Crippen molar-refractivity contribution in [2.75, 3.05) is 5.73 Å². The lowest BCUT2D eigenvalue weighted by Crippen LogP contribution is -1.95. The average Bonchev–Trinajstić information content (AvgIpc) is 2.26. The first kappa shape index (κ1) is 10.5. The van der Waals surface area contributed by atoms with E-state index < -0.39 is 11.6 Å². The maximum Gasteiger partial charge on any atom is 0.166 e. The molecule has 82 valence electrons. The second-order valence-electron chi connectivity index (χ2n) is 3.53. The van der Waals surface area contributed by atoms with Crippen molar-refractivity contribution in [1.29, 1.82) is 0 Å². The van der Waals surface area contributed by atoms with Crippen molar-refractivity contribution in [2.24, 2.45) is 0 Å². The zero-order valence-corrected chi connectivity index (χ0v) is 8.67. The van der Waals surface area contributed by atoms with Crippen LogP contribution in [0.1, 0.15) is 5.56 Å². The van der Waals surface area contributed by atoms with Crippen molar-refractivity contribution in [2.45, 2.75) is 6.92 Å². The molecule has 0 aliphatic rings. The van der Waals surface area contributed by atoms with Crippen LogP contribution in [-0.4, -0.2) is 4.98 Å². The fraction of sp³-hybridized carbons (Fsp3) is 0.0833. The topological polar surface area (TPSA) is 38.9 Å². The molecule has 4 heteroatoms. The van der Waals surface area contributed by atoms with E-state index in [1.807, 2.05) is 0 Å². The summed E-state index contributed by atoms with van der Waals surface area (Å²) >= 11 is 0. The van der Waals surface area contributed by atoms with E-state index in [1.165, 1.54) is 31.3 Å². The molecule has 2 rings (SSSR count). The van der Waals surface area contributed by atoms with Crippen molar-refractivity contribution < 1.29 is 8.78 Å². The summed E-state index contributed by atoms with van der Waals surface area (Å²) in [5, 5.41) is 0. The maximum absolute atomic E-state index is 13.6. The Morgan fingerprint density at radius 1 is 1.12 bits per heavy atom. The van der Waals surface area contributed by atoms with Crippen molar-refractivity contribution in [1.82, 2.24) is 4.98 Å². The van der Waals surface area contributed by atoms with Gasteiger partial charge in [-0.3, -0.25) is 0 Å². The molecular weight excluding hydrogens is 210 g/mol. The second-order valence-corrected chi connectivity index (χ2v) is 3.53. The first-order valence-corrected chi connectivity index (χ1v) is 4.76. The summed E-state index contributed by atoms with van der Waals surface area (Å²) in [6.45, 7) is 1.52. The highest BCUT2D eigenvalue weighted by Crippen LogP contribution is 2.26. The van der Waals surface area contributed by atoms with Gasteiger partial charge in [0, 0.05) is 11.8 Å². The summed E-state index contributed by atoms with van der Waals surface area (Å²) in [6, 6.07) is 6.16. The lowest BCUT2D eigenvalue weighted by atomic mass is 10.0. The van der Waals surface area contributed by atoms with Gasteiger partial charge in [-0.1, -0.05) is 12.1 Å². The van der Waals surface area contributed by atoms with Crippen LogP contribution in [0.4, 0.5) is 14.6 Å². The van der Waals surface area contributed by atoms with Gasteiger partial charge in [0.25, 0.3) is 0 Å². The molecule has 16 heavy (non-hydrogen) atoms. The van der Waals surface area contributed by atoms with Crippen LogP contribution in [0.3, 0.4) is 0 Å². The van der Waals surface area contributed by atoms with E-state index in [0.717, 1.165) is 0 Å². The van der Waals surface area contributed by atoms with E-state index >= 15 is 0 Å². The molecule has 1 heterocycles. The smallest absolute Gasteiger partial charge is 0.166 e. The van der Waals surface area contributed by atoms with Gasteiger partial charge in [-0.2, -0.15) is 0 Å². The number of halogens is 2. The molecule has 0 saturated heterocycles. The monoisotopic (exact) mass is 220 g/mol. The number of nitrogen functional groups attached to an aromatic ring is 1. The quantitative estimate of drug-likeness (QED) is 0.802. The third-order valence-electron chi connectivity index (χ3n) is 2.37. The lowest BCUT2D eigenvalue weighted by molar-refractivity contribution is 0.505. The molecule has 0 radical (unpaired) electrons. The van der Waals surface area contributed by atoms with Crippen LogP contribution >= 0.6 is 0 Å². The third-order valence-corrected chi connectivity index (χ3v) is 2.37. The van der Waals surface area contributed by atoms with E-state index in [2.05, 4.69) is 4.98 Å². The zero-order valence-electron chi connectivity index (χ0n) is 8.67. The number of hydrogen-bond donors (Lipinski definition) is 1. The molecular formula is C12H10F2N2. The summed E-state index contributed by atoms with van der Waals surface area (Å²) in [4.78, 5) is 3.80. The van der Waals surface area contributed by atoms with E-state index in [9.17, 15) is 8.78 Å². The summed E-state index contributed by atoms with van der Waals surface area (Å²) in [6.07, 6.45) is 1.46.